The highest BCUT2D eigenvalue weighted by Crippen LogP contribution is 2.35. The van der Waals surface area contributed by atoms with E-state index >= 15 is 0 Å². The Bertz CT molecular complexity index is 457. The summed E-state index contributed by atoms with van der Waals surface area (Å²) in [6.07, 6.45) is 6.71. The maximum Gasteiger partial charge on any atom is 0.0480 e. The molecule has 0 amide bonds. The first-order valence-corrected chi connectivity index (χ1v) is 8.88. The van der Waals surface area contributed by atoms with Crippen molar-refractivity contribution in [1.82, 2.24) is 10.2 Å². The number of hydrogen-bond donors (Lipinski definition) is 1. The first-order chi connectivity index (χ1) is 10.3. The minimum Gasteiger partial charge on any atom is -0.309 e. The number of nitrogens with zero attached hydrogens (tertiary/aromatic N) is 1. The van der Waals surface area contributed by atoms with Gasteiger partial charge in [0.2, 0.25) is 0 Å². The average Bonchev–Trinajstić information content (AvgIpc) is 2.55. The summed E-state index contributed by atoms with van der Waals surface area (Å²) in [5.41, 5.74) is 3.11. The van der Waals surface area contributed by atoms with E-state index in [0.29, 0.717) is 12.1 Å². The Labute approximate surface area is 129 Å². The van der Waals surface area contributed by atoms with Crippen LogP contribution in [0.25, 0.3) is 0 Å². The Kier molecular flexibility index (Phi) is 4.97. The summed E-state index contributed by atoms with van der Waals surface area (Å²) in [7, 11) is 0. The molecule has 2 nitrogen and oxygen atoms in total. The first kappa shape index (κ1) is 15.1. The van der Waals surface area contributed by atoms with E-state index in [0.717, 1.165) is 12.5 Å². The molecule has 1 aromatic carbocycles. The zero-order chi connectivity index (χ0) is 14.7. The van der Waals surface area contributed by atoms with Gasteiger partial charge in [0.1, 0.15) is 0 Å². The molecule has 1 saturated heterocycles. The molecule has 0 spiro atoms. The zero-order valence-corrected chi connectivity index (χ0v) is 13.6. The monoisotopic (exact) mass is 286 g/mol. The van der Waals surface area contributed by atoms with Crippen molar-refractivity contribution >= 4 is 0 Å². The van der Waals surface area contributed by atoms with Crippen molar-refractivity contribution in [3.63, 3.8) is 0 Å². The highest BCUT2D eigenvalue weighted by Gasteiger charge is 2.34. The van der Waals surface area contributed by atoms with Gasteiger partial charge >= 0.3 is 0 Å². The van der Waals surface area contributed by atoms with E-state index < -0.39 is 0 Å². The van der Waals surface area contributed by atoms with Gasteiger partial charge in [-0.2, -0.15) is 0 Å². The van der Waals surface area contributed by atoms with Crippen LogP contribution < -0.4 is 5.32 Å². The smallest absolute Gasteiger partial charge is 0.0480 e. The SMILES string of the molecule is CCNC1c2ccccc2CCC1N1CCCC(CC)C1. The van der Waals surface area contributed by atoms with Gasteiger partial charge in [-0.25, -0.2) is 0 Å². The van der Waals surface area contributed by atoms with E-state index in [9.17, 15) is 0 Å². The van der Waals surface area contributed by atoms with E-state index in [2.05, 4.69) is 48.3 Å². The quantitative estimate of drug-likeness (QED) is 0.906. The Balaban J connectivity index is 1.81. The lowest BCUT2D eigenvalue weighted by Gasteiger charge is -2.44. The van der Waals surface area contributed by atoms with Crippen molar-refractivity contribution in [2.75, 3.05) is 19.6 Å². The largest absolute Gasteiger partial charge is 0.309 e. The molecule has 1 aromatic rings. The number of benzene rings is 1. The number of aryl methyl sites for hydroxylation is 1. The molecule has 3 unspecified atom stereocenters. The van der Waals surface area contributed by atoms with Crippen molar-refractivity contribution in [3.8, 4) is 0 Å². The van der Waals surface area contributed by atoms with E-state index in [1.54, 1.807) is 11.1 Å². The third kappa shape index (κ3) is 3.17. The van der Waals surface area contributed by atoms with Crippen LogP contribution in [0, 0.1) is 5.92 Å². The van der Waals surface area contributed by atoms with Crippen LogP contribution in [-0.4, -0.2) is 30.6 Å². The minimum atomic E-state index is 0.524. The Morgan fingerprint density at radius 1 is 1.19 bits per heavy atom. The summed E-state index contributed by atoms with van der Waals surface area (Å²) in [6.45, 7) is 8.25. The molecule has 0 aromatic heterocycles. The fourth-order valence-corrected chi connectivity index (χ4v) is 4.33. The van der Waals surface area contributed by atoms with Gasteiger partial charge in [-0.15, -0.1) is 0 Å². The Morgan fingerprint density at radius 2 is 2.05 bits per heavy atom. The molecule has 2 aliphatic rings. The fourth-order valence-electron chi connectivity index (χ4n) is 4.33. The molecule has 3 atom stereocenters. The first-order valence-electron chi connectivity index (χ1n) is 8.88. The van der Waals surface area contributed by atoms with Crippen molar-refractivity contribution < 1.29 is 0 Å². The van der Waals surface area contributed by atoms with Crippen molar-refractivity contribution in [1.29, 1.82) is 0 Å². The van der Waals surface area contributed by atoms with Crippen LogP contribution in [0.4, 0.5) is 0 Å². The van der Waals surface area contributed by atoms with Gasteiger partial charge in [0.25, 0.3) is 0 Å². The van der Waals surface area contributed by atoms with Crippen molar-refractivity contribution in [2.24, 2.45) is 5.92 Å². The van der Waals surface area contributed by atoms with Gasteiger partial charge < -0.3 is 5.32 Å². The number of likely N-dealkylation sites (tertiary alicyclic amines) is 1. The van der Waals surface area contributed by atoms with Gasteiger partial charge in [0.05, 0.1) is 0 Å². The van der Waals surface area contributed by atoms with Gasteiger partial charge in [0, 0.05) is 18.6 Å². The number of nitrogens with one attached hydrogen (secondary N) is 1. The second kappa shape index (κ2) is 6.93. The molecule has 3 rings (SSSR count). The standard InChI is InChI=1S/C19H30N2/c1-3-15-8-7-13-21(14-15)18-12-11-16-9-5-6-10-17(16)19(18)20-4-2/h5-6,9-10,15,18-20H,3-4,7-8,11-14H2,1-2H3. The molecule has 21 heavy (non-hydrogen) atoms. The van der Waals surface area contributed by atoms with Gasteiger partial charge in [-0.1, -0.05) is 44.5 Å². The minimum absolute atomic E-state index is 0.524. The molecule has 1 N–H and O–H groups in total. The highest BCUT2D eigenvalue weighted by molar-refractivity contribution is 5.34. The molecule has 116 valence electrons. The van der Waals surface area contributed by atoms with Gasteiger partial charge in [-0.3, -0.25) is 4.90 Å². The molecule has 1 heterocycles. The number of hydrogen-bond acceptors (Lipinski definition) is 2. The predicted molar refractivity (Wildman–Crippen MR) is 89.6 cm³/mol. The van der Waals surface area contributed by atoms with E-state index in [4.69, 9.17) is 0 Å². The van der Waals surface area contributed by atoms with Crippen LogP contribution in [0.3, 0.4) is 0 Å². The predicted octanol–water partition coefficient (Wildman–Crippen LogP) is 3.77. The molecular weight excluding hydrogens is 256 g/mol. The third-order valence-electron chi connectivity index (χ3n) is 5.51. The van der Waals surface area contributed by atoms with Gasteiger partial charge in [-0.05, 0) is 55.8 Å². The molecule has 1 fully saturated rings. The summed E-state index contributed by atoms with van der Waals surface area (Å²) in [4.78, 5) is 2.79. The summed E-state index contributed by atoms with van der Waals surface area (Å²) < 4.78 is 0. The fraction of sp³-hybridized carbons (Fsp3) is 0.684. The van der Waals surface area contributed by atoms with Crippen LogP contribution >= 0.6 is 0 Å². The summed E-state index contributed by atoms with van der Waals surface area (Å²) in [5.74, 6) is 0.915. The number of likely N-dealkylation sites (N-methyl/N-ethyl adjacent to an activating group) is 1. The summed E-state index contributed by atoms with van der Waals surface area (Å²) in [5, 5.41) is 3.78. The molecule has 0 saturated carbocycles. The van der Waals surface area contributed by atoms with Crippen LogP contribution in [-0.2, 0) is 6.42 Å². The molecular formula is C19H30N2. The van der Waals surface area contributed by atoms with E-state index in [1.807, 2.05) is 0 Å². The molecule has 0 radical (unpaired) electrons. The highest BCUT2D eigenvalue weighted by atomic mass is 15.2. The lowest BCUT2D eigenvalue weighted by atomic mass is 9.81. The van der Waals surface area contributed by atoms with Crippen LogP contribution in [0.5, 0.6) is 0 Å². The Morgan fingerprint density at radius 3 is 2.86 bits per heavy atom. The van der Waals surface area contributed by atoms with Crippen molar-refractivity contribution in [3.05, 3.63) is 35.4 Å². The average molecular weight is 286 g/mol. The molecule has 0 bridgehead atoms. The van der Waals surface area contributed by atoms with Gasteiger partial charge in [0.15, 0.2) is 0 Å². The lowest BCUT2D eigenvalue weighted by molar-refractivity contribution is 0.0864. The van der Waals surface area contributed by atoms with Crippen LogP contribution in [0.1, 0.15) is 56.7 Å². The number of fused-ring (bicyclic) bond motifs is 1. The topological polar surface area (TPSA) is 15.3 Å². The lowest BCUT2D eigenvalue weighted by Crippen LogP contribution is -2.50. The van der Waals surface area contributed by atoms with Crippen molar-refractivity contribution in [2.45, 2.75) is 58.0 Å². The molecule has 1 aliphatic heterocycles. The van der Waals surface area contributed by atoms with Crippen LogP contribution in [0.2, 0.25) is 0 Å². The maximum atomic E-state index is 3.78. The zero-order valence-electron chi connectivity index (χ0n) is 13.6. The summed E-state index contributed by atoms with van der Waals surface area (Å²) in [6, 6.07) is 10.3. The third-order valence-corrected chi connectivity index (χ3v) is 5.51. The maximum absolute atomic E-state index is 3.78. The second-order valence-electron chi connectivity index (χ2n) is 6.75. The number of piperidine rings is 1. The molecule has 2 heteroatoms. The Hall–Kier alpha value is -0.860. The normalized spacial score (nSPS) is 30.1. The molecule has 1 aliphatic carbocycles. The van der Waals surface area contributed by atoms with E-state index in [-0.39, 0.29) is 0 Å². The second-order valence-corrected chi connectivity index (χ2v) is 6.75. The van der Waals surface area contributed by atoms with Crippen LogP contribution in [0.15, 0.2) is 24.3 Å². The number of rotatable bonds is 4. The van der Waals surface area contributed by atoms with E-state index in [1.165, 1.54) is 45.2 Å². The summed E-state index contributed by atoms with van der Waals surface area (Å²) >= 11 is 0.